The Labute approximate surface area is 186 Å². The van der Waals surface area contributed by atoms with Crippen LogP contribution in [0.4, 0.5) is 0 Å². The van der Waals surface area contributed by atoms with Crippen molar-refractivity contribution >= 4 is 0 Å². The monoisotopic (exact) mass is 415 g/mol. The van der Waals surface area contributed by atoms with Crippen LogP contribution in [0.1, 0.15) is 106 Å². The molecular weight excluding hydrogens is 366 g/mol. The van der Waals surface area contributed by atoms with Crippen LogP contribution >= 0.6 is 0 Å². The minimum Gasteiger partial charge on any atom is -0.393 e. The minimum absolute atomic E-state index is 0.0636. The smallest absolute Gasteiger partial charge is 0.0543 e. The largest absolute Gasteiger partial charge is 0.393 e. The molecule has 2 heteroatoms. The fraction of sp³-hybridized carbons (Fsp3) is 0.929. The maximum Gasteiger partial charge on any atom is 0.0543 e. The van der Waals surface area contributed by atoms with Crippen LogP contribution in [0.15, 0.2) is 11.6 Å². The summed E-state index contributed by atoms with van der Waals surface area (Å²) in [6, 6.07) is 0. The molecule has 0 amide bonds. The standard InChI is InChI=1S/C28H49NO/c1-19(2)8-7-9-20(3)23-14-17-29-28(6)25-11-10-21-18-22(30)12-15-26(21,4)24(25)13-16-27(23,28)5/h11,19-24,29-30H,7-10,12-18H2,1-6H3/t20-,21?,22+,23?,24?,26+,27-,28+/m1/s1. The molecule has 2 nitrogen and oxygen atoms in total. The number of hydrogen-bond donors (Lipinski definition) is 2. The second-order valence-corrected chi connectivity index (χ2v) is 12.8. The Morgan fingerprint density at radius 3 is 2.57 bits per heavy atom. The fourth-order valence-electron chi connectivity index (χ4n) is 8.67. The van der Waals surface area contributed by atoms with E-state index in [0.29, 0.717) is 22.7 Å². The van der Waals surface area contributed by atoms with Gasteiger partial charge in [0.1, 0.15) is 0 Å². The second kappa shape index (κ2) is 8.22. The SMILES string of the molecule is CC(C)CCC[C@@H](C)C1CCN[C@@]2(C)C3=CCC4C[C@@H](O)CC[C@]4(C)C3CC[C@]12C. The van der Waals surface area contributed by atoms with Gasteiger partial charge in [-0.1, -0.05) is 65.5 Å². The van der Waals surface area contributed by atoms with Gasteiger partial charge in [-0.15, -0.1) is 0 Å². The summed E-state index contributed by atoms with van der Waals surface area (Å²) < 4.78 is 0. The molecule has 4 aliphatic rings. The third-order valence-electron chi connectivity index (χ3n) is 10.9. The van der Waals surface area contributed by atoms with E-state index in [2.05, 4.69) is 52.9 Å². The zero-order chi connectivity index (χ0) is 21.7. The maximum atomic E-state index is 10.3. The molecule has 0 radical (unpaired) electrons. The van der Waals surface area contributed by atoms with Crippen molar-refractivity contribution < 1.29 is 5.11 Å². The Morgan fingerprint density at radius 1 is 1.07 bits per heavy atom. The predicted molar refractivity (Wildman–Crippen MR) is 127 cm³/mol. The van der Waals surface area contributed by atoms with Crippen LogP contribution in [0.2, 0.25) is 0 Å². The van der Waals surface area contributed by atoms with Crippen molar-refractivity contribution in [3.63, 3.8) is 0 Å². The molecule has 2 N–H and O–H groups in total. The van der Waals surface area contributed by atoms with Crippen LogP contribution < -0.4 is 5.32 Å². The Kier molecular flexibility index (Phi) is 6.26. The van der Waals surface area contributed by atoms with Crippen molar-refractivity contribution in [2.75, 3.05) is 6.54 Å². The molecule has 4 rings (SSSR count). The van der Waals surface area contributed by atoms with Gasteiger partial charge >= 0.3 is 0 Å². The fourth-order valence-corrected chi connectivity index (χ4v) is 8.67. The minimum atomic E-state index is -0.0636. The van der Waals surface area contributed by atoms with Crippen LogP contribution in [-0.4, -0.2) is 23.3 Å². The van der Waals surface area contributed by atoms with Crippen molar-refractivity contribution in [3.05, 3.63) is 11.6 Å². The number of rotatable bonds is 5. The van der Waals surface area contributed by atoms with Crippen LogP contribution in [0.5, 0.6) is 0 Å². The number of hydrogen-bond acceptors (Lipinski definition) is 2. The lowest BCUT2D eigenvalue weighted by Crippen LogP contribution is -2.68. The molecule has 2 saturated carbocycles. The van der Waals surface area contributed by atoms with Gasteiger partial charge in [-0.05, 0) is 98.8 Å². The predicted octanol–water partition coefficient (Wildman–Crippen LogP) is 6.73. The quantitative estimate of drug-likeness (QED) is 0.488. The van der Waals surface area contributed by atoms with Crippen molar-refractivity contribution in [3.8, 4) is 0 Å². The first-order valence-electron chi connectivity index (χ1n) is 13.3. The van der Waals surface area contributed by atoms with E-state index in [-0.39, 0.29) is 11.6 Å². The van der Waals surface area contributed by atoms with Crippen molar-refractivity contribution in [1.82, 2.24) is 5.32 Å². The molecule has 0 aromatic carbocycles. The first-order valence-corrected chi connectivity index (χ1v) is 13.3. The van der Waals surface area contributed by atoms with Gasteiger partial charge < -0.3 is 10.4 Å². The van der Waals surface area contributed by atoms with E-state index in [1.54, 1.807) is 5.57 Å². The molecule has 0 aromatic rings. The van der Waals surface area contributed by atoms with E-state index >= 15 is 0 Å². The summed E-state index contributed by atoms with van der Waals surface area (Å²) in [5.41, 5.74) is 2.66. The zero-order valence-electron chi connectivity index (χ0n) is 20.8. The van der Waals surface area contributed by atoms with Gasteiger partial charge in [0.2, 0.25) is 0 Å². The van der Waals surface area contributed by atoms with Crippen LogP contribution in [0.3, 0.4) is 0 Å². The normalized spacial score (nSPS) is 47.1. The van der Waals surface area contributed by atoms with Crippen LogP contribution in [0, 0.1) is 40.4 Å². The summed E-state index contributed by atoms with van der Waals surface area (Å²) in [7, 11) is 0. The van der Waals surface area contributed by atoms with E-state index in [9.17, 15) is 5.11 Å². The van der Waals surface area contributed by atoms with E-state index in [1.165, 1.54) is 57.9 Å². The molecule has 3 unspecified atom stereocenters. The number of aliphatic hydroxyl groups excluding tert-OH is 1. The molecule has 1 heterocycles. The lowest BCUT2D eigenvalue weighted by atomic mass is 9.43. The molecule has 1 aliphatic heterocycles. The first kappa shape index (κ1) is 22.8. The van der Waals surface area contributed by atoms with Gasteiger partial charge in [0, 0.05) is 5.54 Å². The van der Waals surface area contributed by atoms with Crippen LogP contribution in [0.25, 0.3) is 0 Å². The average molecular weight is 416 g/mol. The highest BCUT2D eigenvalue weighted by molar-refractivity contribution is 5.35. The molecule has 0 aromatic heterocycles. The third kappa shape index (κ3) is 3.53. The van der Waals surface area contributed by atoms with E-state index in [1.807, 2.05) is 0 Å². The summed E-state index contributed by atoms with van der Waals surface area (Å²) in [5, 5.41) is 14.4. The Balaban J connectivity index is 1.59. The molecule has 8 atom stereocenters. The summed E-state index contributed by atoms with van der Waals surface area (Å²) in [4.78, 5) is 0. The lowest BCUT2D eigenvalue weighted by Gasteiger charge is -2.66. The molecule has 3 aliphatic carbocycles. The highest BCUT2D eigenvalue weighted by Gasteiger charge is 2.62. The Morgan fingerprint density at radius 2 is 1.83 bits per heavy atom. The molecule has 30 heavy (non-hydrogen) atoms. The number of aliphatic hydroxyl groups is 1. The van der Waals surface area contributed by atoms with Gasteiger partial charge in [-0.2, -0.15) is 0 Å². The topological polar surface area (TPSA) is 32.3 Å². The molecule has 0 bridgehead atoms. The van der Waals surface area contributed by atoms with Crippen LogP contribution in [-0.2, 0) is 0 Å². The lowest BCUT2D eigenvalue weighted by molar-refractivity contribution is -0.0814. The molecular formula is C28H49NO. The summed E-state index contributed by atoms with van der Waals surface area (Å²) in [6.45, 7) is 16.2. The van der Waals surface area contributed by atoms with Gasteiger partial charge in [-0.25, -0.2) is 0 Å². The molecule has 172 valence electrons. The van der Waals surface area contributed by atoms with Crippen molar-refractivity contribution in [1.29, 1.82) is 0 Å². The van der Waals surface area contributed by atoms with E-state index in [4.69, 9.17) is 0 Å². The highest BCUT2D eigenvalue weighted by atomic mass is 16.3. The first-order chi connectivity index (χ1) is 14.1. The summed E-state index contributed by atoms with van der Waals surface area (Å²) in [5.74, 6) is 3.87. The second-order valence-electron chi connectivity index (χ2n) is 12.8. The number of fused-ring (bicyclic) bond motifs is 5. The highest BCUT2D eigenvalue weighted by Crippen LogP contribution is 2.65. The molecule has 3 fully saturated rings. The third-order valence-corrected chi connectivity index (χ3v) is 10.9. The molecule has 1 saturated heterocycles. The van der Waals surface area contributed by atoms with Gasteiger partial charge in [0.15, 0.2) is 0 Å². The number of nitrogens with one attached hydrogen (secondary N) is 1. The Bertz CT molecular complexity index is 655. The zero-order valence-corrected chi connectivity index (χ0v) is 20.8. The van der Waals surface area contributed by atoms with Gasteiger partial charge in [0.25, 0.3) is 0 Å². The number of allylic oxidation sites excluding steroid dienone is 1. The van der Waals surface area contributed by atoms with Crippen molar-refractivity contribution in [2.24, 2.45) is 40.4 Å². The van der Waals surface area contributed by atoms with Crippen molar-refractivity contribution in [2.45, 2.75) is 117 Å². The van der Waals surface area contributed by atoms with Gasteiger partial charge in [0.05, 0.1) is 6.10 Å². The Hall–Kier alpha value is -0.340. The summed E-state index contributed by atoms with van der Waals surface area (Å²) in [6.07, 6.45) is 15.2. The maximum absolute atomic E-state index is 10.3. The van der Waals surface area contributed by atoms with E-state index < -0.39 is 0 Å². The average Bonchev–Trinajstić information content (AvgIpc) is 2.68. The summed E-state index contributed by atoms with van der Waals surface area (Å²) >= 11 is 0. The molecule has 0 spiro atoms. The van der Waals surface area contributed by atoms with Gasteiger partial charge in [-0.3, -0.25) is 0 Å². The van der Waals surface area contributed by atoms with E-state index in [0.717, 1.165) is 30.6 Å². The number of piperidine rings is 1.